The maximum absolute atomic E-state index is 4.24. The average molecular weight is 242 g/mol. The lowest BCUT2D eigenvalue weighted by atomic mass is 10.4. The van der Waals surface area contributed by atoms with E-state index in [-0.39, 0.29) is 0 Å². The first-order valence-electron chi connectivity index (χ1n) is 5.53. The van der Waals surface area contributed by atoms with Crippen molar-refractivity contribution >= 4 is 23.1 Å². The minimum Gasteiger partial charge on any atom is -0.311 e. The van der Waals surface area contributed by atoms with Crippen molar-refractivity contribution in [2.24, 2.45) is 5.92 Å². The molecule has 0 bridgehead atoms. The predicted molar refractivity (Wildman–Crippen MR) is 68.6 cm³/mol. The maximum atomic E-state index is 4.24. The summed E-state index contributed by atoms with van der Waals surface area (Å²) in [5.41, 5.74) is 3.10. The number of nitrogens with one attached hydrogen (secondary N) is 1. The van der Waals surface area contributed by atoms with Crippen molar-refractivity contribution < 1.29 is 0 Å². The van der Waals surface area contributed by atoms with Gasteiger partial charge in [-0.2, -0.15) is 11.8 Å². The fourth-order valence-electron chi connectivity index (χ4n) is 1.38. The van der Waals surface area contributed by atoms with Gasteiger partial charge in [0.05, 0.1) is 11.2 Å². The molecule has 0 aliphatic heterocycles. The van der Waals surface area contributed by atoms with Gasteiger partial charge in [-0.15, -0.1) is 11.3 Å². The van der Waals surface area contributed by atoms with Crippen LogP contribution in [0.4, 0.5) is 0 Å². The number of nitrogens with zero attached hydrogens (tertiary/aromatic N) is 1. The molecule has 0 aromatic carbocycles. The molecule has 1 aromatic rings. The summed E-state index contributed by atoms with van der Waals surface area (Å²) >= 11 is 3.84. The minimum atomic E-state index is 0.987. The normalized spacial score (nSPS) is 15.8. The zero-order valence-corrected chi connectivity index (χ0v) is 10.8. The van der Waals surface area contributed by atoms with Crippen molar-refractivity contribution in [3.8, 4) is 0 Å². The summed E-state index contributed by atoms with van der Waals surface area (Å²) in [6.07, 6.45) is 2.95. The van der Waals surface area contributed by atoms with E-state index in [0.29, 0.717) is 0 Å². The van der Waals surface area contributed by atoms with Crippen LogP contribution in [0.3, 0.4) is 0 Å². The number of aromatic nitrogens is 1. The van der Waals surface area contributed by atoms with Crippen molar-refractivity contribution in [2.45, 2.75) is 26.3 Å². The van der Waals surface area contributed by atoms with Gasteiger partial charge in [-0.05, 0) is 31.4 Å². The first-order chi connectivity index (χ1) is 7.36. The Bertz CT molecular complexity index is 295. The monoisotopic (exact) mass is 242 g/mol. The highest BCUT2D eigenvalue weighted by Gasteiger charge is 2.20. The van der Waals surface area contributed by atoms with Crippen LogP contribution >= 0.6 is 23.1 Å². The third kappa shape index (κ3) is 4.13. The van der Waals surface area contributed by atoms with Gasteiger partial charge in [0.25, 0.3) is 0 Å². The van der Waals surface area contributed by atoms with Crippen molar-refractivity contribution in [3.63, 3.8) is 0 Å². The average Bonchev–Trinajstić information content (AvgIpc) is 2.96. The van der Waals surface area contributed by atoms with Crippen LogP contribution in [0, 0.1) is 12.8 Å². The van der Waals surface area contributed by atoms with E-state index in [1.807, 2.05) is 5.51 Å². The van der Waals surface area contributed by atoms with E-state index in [9.17, 15) is 0 Å². The lowest BCUT2D eigenvalue weighted by Gasteiger charge is -2.03. The second kappa shape index (κ2) is 5.87. The van der Waals surface area contributed by atoms with E-state index in [2.05, 4.69) is 29.0 Å². The van der Waals surface area contributed by atoms with E-state index < -0.39 is 0 Å². The molecule has 1 heterocycles. The Balaban J connectivity index is 1.49. The first-order valence-corrected chi connectivity index (χ1v) is 7.57. The van der Waals surface area contributed by atoms with Crippen LogP contribution in [0.25, 0.3) is 0 Å². The SMILES string of the molecule is Cc1ncsc1CNCCSCC1CC1. The fraction of sp³-hybridized carbons (Fsp3) is 0.727. The van der Waals surface area contributed by atoms with Crippen LogP contribution in [0.15, 0.2) is 5.51 Å². The second-order valence-corrected chi connectivity index (χ2v) is 6.15. The molecule has 0 saturated heterocycles. The van der Waals surface area contributed by atoms with E-state index in [0.717, 1.165) is 19.0 Å². The van der Waals surface area contributed by atoms with Crippen LogP contribution in [0.1, 0.15) is 23.4 Å². The Hall–Kier alpha value is -0.0600. The Morgan fingerprint density at radius 3 is 3.13 bits per heavy atom. The first kappa shape index (κ1) is 11.4. The van der Waals surface area contributed by atoms with E-state index in [4.69, 9.17) is 0 Å². The number of thiazole rings is 1. The van der Waals surface area contributed by atoms with Gasteiger partial charge in [0.2, 0.25) is 0 Å². The zero-order chi connectivity index (χ0) is 10.5. The largest absolute Gasteiger partial charge is 0.311 e. The molecule has 1 N–H and O–H groups in total. The fourth-order valence-corrected chi connectivity index (χ4v) is 3.25. The summed E-state index contributed by atoms with van der Waals surface area (Å²) in [4.78, 5) is 5.61. The molecule has 1 saturated carbocycles. The van der Waals surface area contributed by atoms with E-state index >= 15 is 0 Å². The third-order valence-corrected chi connectivity index (χ3v) is 4.74. The van der Waals surface area contributed by atoms with Crippen molar-refractivity contribution in [2.75, 3.05) is 18.1 Å². The molecule has 15 heavy (non-hydrogen) atoms. The standard InChI is InChI=1S/C11H18N2S2/c1-9-11(15-8-13-9)6-12-4-5-14-7-10-2-3-10/h8,10,12H,2-7H2,1H3. The van der Waals surface area contributed by atoms with Crippen LogP contribution in [-0.2, 0) is 6.54 Å². The highest BCUT2D eigenvalue weighted by molar-refractivity contribution is 7.99. The number of thioether (sulfide) groups is 1. The highest BCUT2D eigenvalue weighted by atomic mass is 32.2. The number of aryl methyl sites for hydroxylation is 1. The van der Waals surface area contributed by atoms with Gasteiger partial charge < -0.3 is 5.32 Å². The summed E-state index contributed by atoms with van der Waals surface area (Å²) in [7, 11) is 0. The van der Waals surface area contributed by atoms with Crippen molar-refractivity contribution in [1.29, 1.82) is 0 Å². The van der Waals surface area contributed by atoms with Crippen molar-refractivity contribution in [1.82, 2.24) is 10.3 Å². The van der Waals surface area contributed by atoms with Gasteiger partial charge in [-0.25, -0.2) is 4.98 Å². The molecule has 1 aromatic heterocycles. The van der Waals surface area contributed by atoms with Gasteiger partial charge in [0.1, 0.15) is 0 Å². The predicted octanol–water partition coefficient (Wildman–Crippen LogP) is 2.68. The Labute approximate surface area is 99.9 Å². The van der Waals surface area contributed by atoms with Gasteiger partial charge in [0, 0.05) is 23.7 Å². The molecule has 1 aliphatic carbocycles. The minimum absolute atomic E-state index is 0.987. The Morgan fingerprint density at radius 2 is 2.47 bits per heavy atom. The van der Waals surface area contributed by atoms with Gasteiger partial charge in [-0.1, -0.05) is 0 Å². The lowest BCUT2D eigenvalue weighted by Crippen LogP contribution is -2.16. The molecule has 1 fully saturated rings. The van der Waals surface area contributed by atoms with Gasteiger partial charge >= 0.3 is 0 Å². The van der Waals surface area contributed by atoms with E-state index in [1.165, 1.54) is 34.9 Å². The number of rotatable bonds is 7. The number of hydrogen-bond donors (Lipinski definition) is 1. The molecule has 0 atom stereocenters. The highest BCUT2D eigenvalue weighted by Crippen LogP contribution is 2.32. The lowest BCUT2D eigenvalue weighted by molar-refractivity contribution is 0.735. The molecular formula is C11H18N2S2. The molecule has 0 spiro atoms. The van der Waals surface area contributed by atoms with E-state index in [1.54, 1.807) is 11.3 Å². The maximum Gasteiger partial charge on any atom is 0.0798 e. The van der Waals surface area contributed by atoms with Crippen molar-refractivity contribution in [3.05, 3.63) is 16.1 Å². The molecule has 0 radical (unpaired) electrons. The third-order valence-electron chi connectivity index (χ3n) is 2.60. The molecule has 2 nitrogen and oxygen atoms in total. The summed E-state index contributed by atoms with van der Waals surface area (Å²) in [5.74, 6) is 3.68. The van der Waals surface area contributed by atoms with Crippen LogP contribution in [0.5, 0.6) is 0 Å². The topological polar surface area (TPSA) is 24.9 Å². The van der Waals surface area contributed by atoms with Gasteiger partial charge in [-0.3, -0.25) is 0 Å². The van der Waals surface area contributed by atoms with Crippen LogP contribution in [0.2, 0.25) is 0 Å². The van der Waals surface area contributed by atoms with Crippen LogP contribution < -0.4 is 5.32 Å². The molecule has 0 amide bonds. The Morgan fingerprint density at radius 1 is 1.60 bits per heavy atom. The molecule has 84 valence electrons. The summed E-state index contributed by atoms with van der Waals surface area (Å²) in [6, 6.07) is 0. The molecule has 0 unspecified atom stereocenters. The van der Waals surface area contributed by atoms with Crippen LogP contribution in [-0.4, -0.2) is 23.0 Å². The summed E-state index contributed by atoms with van der Waals surface area (Å²) < 4.78 is 0. The molecule has 1 aliphatic rings. The smallest absolute Gasteiger partial charge is 0.0798 e. The second-order valence-electron chi connectivity index (χ2n) is 4.06. The molecule has 4 heteroatoms. The Kier molecular flexibility index (Phi) is 4.47. The molecule has 2 rings (SSSR count). The quantitative estimate of drug-likeness (QED) is 0.744. The molecular weight excluding hydrogens is 224 g/mol. The van der Waals surface area contributed by atoms with Gasteiger partial charge in [0.15, 0.2) is 0 Å². The zero-order valence-electron chi connectivity index (χ0n) is 9.16. The summed E-state index contributed by atoms with van der Waals surface area (Å²) in [5, 5.41) is 3.47. The number of hydrogen-bond acceptors (Lipinski definition) is 4. The summed E-state index contributed by atoms with van der Waals surface area (Å²) in [6.45, 7) is 4.19.